The Morgan fingerprint density at radius 3 is 2.79 bits per heavy atom. The van der Waals surface area contributed by atoms with E-state index in [1.54, 1.807) is 18.2 Å². The van der Waals surface area contributed by atoms with Crippen LogP contribution in [0.2, 0.25) is 0 Å². The number of nitrogens with zero attached hydrogens (tertiary/aromatic N) is 2. The third kappa shape index (κ3) is 3.10. The molecule has 102 valence electrons. The zero-order valence-corrected chi connectivity index (χ0v) is 12.6. The fourth-order valence-corrected chi connectivity index (χ4v) is 2.56. The summed E-state index contributed by atoms with van der Waals surface area (Å²) in [4.78, 5) is 0. The summed E-state index contributed by atoms with van der Waals surface area (Å²) in [5.41, 5.74) is 2.05. The fourth-order valence-electron chi connectivity index (χ4n) is 1.88. The minimum absolute atomic E-state index is 0.204. The number of phenols is 1. The van der Waals surface area contributed by atoms with E-state index in [1.165, 1.54) is 0 Å². The van der Waals surface area contributed by atoms with Crippen molar-refractivity contribution < 1.29 is 9.84 Å². The summed E-state index contributed by atoms with van der Waals surface area (Å²) in [6.07, 6.45) is 0.882. The molecule has 0 aliphatic rings. The van der Waals surface area contributed by atoms with Crippen LogP contribution in [0.4, 0.5) is 0 Å². The molecule has 5 heteroatoms. The van der Waals surface area contributed by atoms with E-state index in [0.717, 1.165) is 28.8 Å². The molecule has 0 saturated heterocycles. The smallest absolute Gasteiger partial charge is 0.131 e. The number of halogens is 1. The zero-order chi connectivity index (χ0) is 13.8. The first-order valence-corrected chi connectivity index (χ1v) is 7.10. The van der Waals surface area contributed by atoms with Crippen molar-refractivity contribution in [2.75, 3.05) is 0 Å². The van der Waals surface area contributed by atoms with Gasteiger partial charge in [0, 0.05) is 12.6 Å². The molecule has 0 bridgehead atoms. The second-order valence-corrected chi connectivity index (χ2v) is 4.96. The van der Waals surface area contributed by atoms with Crippen LogP contribution in [0.5, 0.6) is 11.5 Å². The molecule has 0 saturated carbocycles. The maximum Gasteiger partial charge on any atom is 0.131 e. The quantitative estimate of drug-likeness (QED) is 0.915. The minimum atomic E-state index is 0.204. The van der Waals surface area contributed by atoms with Crippen molar-refractivity contribution in [3.05, 3.63) is 40.1 Å². The zero-order valence-electron chi connectivity index (χ0n) is 11.1. The van der Waals surface area contributed by atoms with Gasteiger partial charge in [0.15, 0.2) is 0 Å². The van der Waals surface area contributed by atoms with Gasteiger partial charge in [0.25, 0.3) is 0 Å². The Morgan fingerprint density at radius 2 is 2.16 bits per heavy atom. The van der Waals surface area contributed by atoms with E-state index in [-0.39, 0.29) is 5.75 Å². The summed E-state index contributed by atoms with van der Waals surface area (Å²) < 4.78 is 8.65. The molecule has 0 radical (unpaired) electrons. The fraction of sp³-hybridized carbons (Fsp3) is 0.357. The Balaban J connectivity index is 2.17. The maximum atomic E-state index is 9.40. The van der Waals surface area contributed by atoms with Crippen LogP contribution in [0, 0.1) is 0 Å². The highest BCUT2D eigenvalue weighted by Crippen LogP contribution is 2.25. The van der Waals surface area contributed by atoms with Crippen LogP contribution in [0.15, 0.2) is 28.7 Å². The van der Waals surface area contributed by atoms with Gasteiger partial charge in [-0.05, 0) is 41.4 Å². The van der Waals surface area contributed by atoms with E-state index in [4.69, 9.17) is 4.74 Å². The lowest BCUT2D eigenvalue weighted by Crippen LogP contribution is -2.06. The molecule has 2 aromatic rings. The van der Waals surface area contributed by atoms with Crippen molar-refractivity contribution in [1.82, 2.24) is 9.78 Å². The van der Waals surface area contributed by atoms with Crippen molar-refractivity contribution in [3.63, 3.8) is 0 Å². The summed E-state index contributed by atoms with van der Waals surface area (Å²) in [5.74, 6) is 0.851. The summed E-state index contributed by atoms with van der Waals surface area (Å²) in [6, 6.07) is 6.80. The van der Waals surface area contributed by atoms with E-state index in [0.29, 0.717) is 12.4 Å². The number of rotatable bonds is 5. The average Bonchev–Trinajstić information content (AvgIpc) is 2.72. The lowest BCUT2D eigenvalue weighted by Gasteiger charge is -2.08. The number of phenolic OH excluding ortho intramolecular Hbond substituents is 1. The lowest BCUT2D eigenvalue weighted by molar-refractivity contribution is 0.290. The molecule has 0 spiro atoms. The summed E-state index contributed by atoms with van der Waals surface area (Å²) in [5, 5.41) is 13.9. The molecule has 0 aliphatic carbocycles. The van der Waals surface area contributed by atoms with Crippen LogP contribution < -0.4 is 4.74 Å². The summed E-state index contributed by atoms with van der Waals surface area (Å²) in [7, 11) is 0. The number of aromatic hydroxyl groups is 1. The molecule has 0 fully saturated rings. The molecule has 0 atom stereocenters. The highest BCUT2D eigenvalue weighted by atomic mass is 79.9. The number of ether oxygens (including phenoxy) is 1. The van der Waals surface area contributed by atoms with Crippen molar-refractivity contribution >= 4 is 15.9 Å². The van der Waals surface area contributed by atoms with Crippen molar-refractivity contribution in [1.29, 1.82) is 0 Å². The maximum absolute atomic E-state index is 9.40. The van der Waals surface area contributed by atoms with E-state index >= 15 is 0 Å². The van der Waals surface area contributed by atoms with Crippen LogP contribution in [0.3, 0.4) is 0 Å². The Bertz CT molecular complexity index is 567. The summed E-state index contributed by atoms with van der Waals surface area (Å²) >= 11 is 3.58. The molecule has 1 N–H and O–H groups in total. The molecule has 1 aromatic heterocycles. The Hall–Kier alpha value is -1.49. The van der Waals surface area contributed by atoms with Gasteiger partial charge < -0.3 is 9.84 Å². The van der Waals surface area contributed by atoms with E-state index in [1.807, 2.05) is 10.7 Å². The normalized spacial score (nSPS) is 10.7. The first-order chi connectivity index (χ1) is 9.15. The number of benzene rings is 1. The predicted octanol–water partition coefficient (Wildman–Crippen LogP) is 3.51. The topological polar surface area (TPSA) is 47.3 Å². The van der Waals surface area contributed by atoms with Gasteiger partial charge >= 0.3 is 0 Å². The number of hydrogen-bond donors (Lipinski definition) is 1. The monoisotopic (exact) mass is 324 g/mol. The largest absolute Gasteiger partial charge is 0.508 e. The molecule has 1 aromatic carbocycles. The first-order valence-electron chi connectivity index (χ1n) is 6.31. The molecule has 2 rings (SSSR count). The van der Waals surface area contributed by atoms with Gasteiger partial charge in [-0.15, -0.1) is 0 Å². The molecular formula is C14H17BrN2O2. The predicted molar refractivity (Wildman–Crippen MR) is 77.4 cm³/mol. The number of aromatic nitrogens is 2. The molecule has 4 nitrogen and oxygen atoms in total. The third-order valence-electron chi connectivity index (χ3n) is 2.89. The Morgan fingerprint density at radius 1 is 1.37 bits per heavy atom. The number of hydrogen-bond acceptors (Lipinski definition) is 3. The SMILES string of the molecule is CCc1nn(CC)c(COc2cccc(O)c2)c1Br. The highest BCUT2D eigenvalue weighted by Gasteiger charge is 2.14. The van der Waals surface area contributed by atoms with Crippen LogP contribution in [0.25, 0.3) is 0 Å². The van der Waals surface area contributed by atoms with Gasteiger partial charge in [-0.3, -0.25) is 4.68 Å². The van der Waals surface area contributed by atoms with Gasteiger partial charge in [0.2, 0.25) is 0 Å². The second kappa shape index (κ2) is 6.10. The molecule has 0 amide bonds. The first kappa shape index (κ1) is 13.9. The van der Waals surface area contributed by atoms with Crippen molar-refractivity contribution in [2.45, 2.75) is 33.4 Å². The molecular weight excluding hydrogens is 308 g/mol. The summed E-state index contributed by atoms with van der Waals surface area (Å²) in [6.45, 7) is 5.35. The van der Waals surface area contributed by atoms with Gasteiger partial charge in [-0.25, -0.2) is 0 Å². The Labute approximate surface area is 121 Å². The Kier molecular flexibility index (Phi) is 4.47. The second-order valence-electron chi connectivity index (χ2n) is 4.16. The van der Waals surface area contributed by atoms with Gasteiger partial charge in [-0.1, -0.05) is 13.0 Å². The van der Waals surface area contributed by atoms with Gasteiger partial charge in [-0.2, -0.15) is 5.10 Å². The van der Waals surface area contributed by atoms with Crippen LogP contribution in [0.1, 0.15) is 25.2 Å². The molecule has 0 unspecified atom stereocenters. The molecule has 1 heterocycles. The van der Waals surface area contributed by atoms with Crippen LogP contribution in [-0.4, -0.2) is 14.9 Å². The highest BCUT2D eigenvalue weighted by molar-refractivity contribution is 9.10. The number of aryl methyl sites for hydroxylation is 2. The van der Waals surface area contributed by atoms with Crippen molar-refractivity contribution in [2.24, 2.45) is 0 Å². The van der Waals surface area contributed by atoms with Gasteiger partial charge in [0.1, 0.15) is 18.1 Å². The third-order valence-corrected chi connectivity index (χ3v) is 3.80. The van der Waals surface area contributed by atoms with Crippen molar-refractivity contribution in [3.8, 4) is 11.5 Å². The van der Waals surface area contributed by atoms with Gasteiger partial charge in [0.05, 0.1) is 15.9 Å². The minimum Gasteiger partial charge on any atom is -0.508 e. The van der Waals surface area contributed by atoms with E-state index in [9.17, 15) is 5.11 Å². The standard InChI is InChI=1S/C14H17BrN2O2/c1-3-12-14(15)13(17(4-2)16-12)9-19-11-7-5-6-10(18)8-11/h5-8,18H,3-4,9H2,1-2H3. The van der Waals surface area contributed by atoms with Crippen LogP contribution in [-0.2, 0) is 19.6 Å². The molecule has 0 aliphatic heterocycles. The van der Waals surface area contributed by atoms with E-state index < -0.39 is 0 Å². The molecule has 19 heavy (non-hydrogen) atoms. The lowest BCUT2D eigenvalue weighted by atomic mass is 10.3. The van der Waals surface area contributed by atoms with E-state index in [2.05, 4.69) is 34.9 Å². The van der Waals surface area contributed by atoms with Crippen LogP contribution >= 0.6 is 15.9 Å². The average molecular weight is 325 g/mol.